The van der Waals surface area contributed by atoms with E-state index < -0.39 is 0 Å². The summed E-state index contributed by atoms with van der Waals surface area (Å²) in [4.78, 5) is 0. The van der Waals surface area contributed by atoms with Crippen LogP contribution in [0, 0.1) is 0 Å². The molecular weight excluding hydrogens is 350 g/mol. The maximum atomic E-state index is 6.32. The van der Waals surface area contributed by atoms with Gasteiger partial charge in [-0.05, 0) is 56.1 Å². The van der Waals surface area contributed by atoms with Gasteiger partial charge in [-0.1, -0.05) is 23.7 Å². The van der Waals surface area contributed by atoms with Crippen molar-refractivity contribution in [2.24, 2.45) is 0 Å². The first-order valence-corrected chi connectivity index (χ1v) is 9.48. The standard InChI is InChI=1S/C21H20ClNO3/c22-17-5-4-16(20-15(17)8-11-24-20)19-12-25-21-14(2-1-3-18(21)26-19)13-6-9-23-10-7-13/h1-5,8,11,13,19,23H,6-7,9-10,12H2/t19-/m0/s1. The van der Waals surface area contributed by atoms with E-state index in [2.05, 4.69) is 17.4 Å². The van der Waals surface area contributed by atoms with Crippen LogP contribution in [-0.4, -0.2) is 19.7 Å². The second-order valence-electron chi connectivity index (χ2n) is 6.92. The zero-order valence-electron chi connectivity index (χ0n) is 14.3. The number of nitrogens with one attached hydrogen (secondary N) is 1. The number of halogens is 1. The van der Waals surface area contributed by atoms with Crippen molar-refractivity contribution >= 4 is 22.6 Å². The van der Waals surface area contributed by atoms with Gasteiger partial charge in [0, 0.05) is 16.5 Å². The summed E-state index contributed by atoms with van der Waals surface area (Å²) in [6, 6.07) is 12.0. The lowest BCUT2D eigenvalue weighted by Crippen LogP contribution is -2.28. The number of rotatable bonds is 2. The Morgan fingerprint density at radius 2 is 1.88 bits per heavy atom. The van der Waals surface area contributed by atoms with Gasteiger partial charge in [0.1, 0.15) is 12.2 Å². The monoisotopic (exact) mass is 369 g/mol. The summed E-state index contributed by atoms with van der Waals surface area (Å²) >= 11 is 6.26. The maximum absolute atomic E-state index is 6.32. The number of hydrogen-bond acceptors (Lipinski definition) is 4. The molecule has 134 valence electrons. The van der Waals surface area contributed by atoms with E-state index in [1.165, 1.54) is 5.56 Å². The van der Waals surface area contributed by atoms with Crippen molar-refractivity contribution in [1.82, 2.24) is 5.32 Å². The minimum atomic E-state index is -0.211. The van der Waals surface area contributed by atoms with Crippen molar-refractivity contribution in [3.05, 3.63) is 58.8 Å². The van der Waals surface area contributed by atoms with E-state index in [1.54, 1.807) is 6.26 Å². The Labute approximate surface area is 157 Å². The highest BCUT2D eigenvalue weighted by Crippen LogP contribution is 2.44. The Hall–Kier alpha value is -2.17. The fraction of sp³-hybridized carbons (Fsp3) is 0.333. The summed E-state index contributed by atoms with van der Waals surface area (Å²) < 4.78 is 18.2. The number of piperidine rings is 1. The molecule has 26 heavy (non-hydrogen) atoms. The molecule has 5 heteroatoms. The molecule has 0 spiro atoms. The van der Waals surface area contributed by atoms with Crippen LogP contribution in [0.15, 0.2) is 47.1 Å². The SMILES string of the molecule is Clc1ccc([C@@H]2COc3c(cccc3C3CCNCC3)O2)c2occc12. The zero-order chi connectivity index (χ0) is 17.5. The third kappa shape index (κ3) is 2.65. The van der Waals surface area contributed by atoms with E-state index in [-0.39, 0.29) is 6.10 Å². The quantitative estimate of drug-likeness (QED) is 0.685. The molecule has 0 amide bonds. The van der Waals surface area contributed by atoms with E-state index in [9.17, 15) is 0 Å². The largest absolute Gasteiger partial charge is 0.485 e. The fourth-order valence-electron chi connectivity index (χ4n) is 4.04. The number of para-hydroxylation sites is 1. The average molecular weight is 370 g/mol. The van der Waals surface area contributed by atoms with Crippen molar-refractivity contribution in [1.29, 1.82) is 0 Å². The zero-order valence-corrected chi connectivity index (χ0v) is 15.1. The summed E-state index contributed by atoms with van der Waals surface area (Å²) in [5.41, 5.74) is 3.00. The molecule has 0 saturated carbocycles. The molecule has 2 aliphatic heterocycles. The van der Waals surface area contributed by atoms with Crippen molar-refractivity contribution in [2.45, 2.75) is 24.9 Å². The van der Waals surface area contributed by atoms with Crippen LogP contribution >= 0.6 is 11.6 Å². The molecule has 2 aliphatic rings. The van der Waals surface area contributed by atoms with Crippen molar-refractivity contribution in [2.75, 3.05) is 19.7 Å². The predicted molar refractivity (Wildman–Crippen MR) is 101 cm³/mol. The molecule has 1 N–H and O–H groups in total. The molecule has 0 bridgehead atoms. The van der Waals surface area contributed by atoms with Gasteiger partial charge in [-0.2, -0.15) is 0 Å². The smallest absolute Gasteiger partial charge is 0.164 e. The molecule has 4 nitrogen and oxygen atoms in total. The van der Waals surface area contributed by atoms with E-state index in [0.29, 0.717) is 17.5 Å². The number of fused-ring (bicyclic) bond motifs is 2. The highest BCUT2D eigenvalue weighted by Gasteiger charge is 2.29. The van der Waals surface area contributed by atoms with Crippen LogP contribution in [0.1, 0.15) is 36.0 Å². The Morgan fingerprint density at radius 1 is 1.00 bits per heavy atom. The van der Waals surface area contributed by atoms with Crippen molar-refractivity contribution in [3.8, 4) is 11.5 Å². The maximum Gasteiger partial charge on any atom is 0.164 e. The number of hydrogen-bond donors (Lipinski definition) is 1. The van der Waals surface area contributed by atoms with Gasteiger partial charge < -0.3 is 19.2 Å². The van der Waals surface area contributed by atoms with E-state index in [0.717, 1.165) is 54.0 Å². The molecule has 0 aliphatic carbocycles. The lowest BCUT2D eigenvalue weighted by Gasteiger charge is -2.31. The molecule has 1 atom stereocenters. The Kier molecular flexibility index (Phi) is 4.03. The van der Waals surface area contributed by atoms with Gasteiger partial charge in [0.25, 0.3) is 0 Å². The summed E-state index contributed by atoms with van der Waals surface area (Å²) in [6.45, 7) is 2.57. The van der Waals surface area contributed by atoms with Gasteiger partial charge in [-0.25, -0.2) is 0 Å². The lowest BCUT2D eigenvalue weighted by atomic mass is 9.89. The minimum Gasteiger partial charge on any atom is -0.485 e. The topological polar surface area (TPSA) is 43.6 Å². The summed E-state index contributed by atoms with van der Waals surface area (Å²) in [5.74, 6) is 2.24. The van der Waals surface area contributed by atoms with Crippen LogP contribution < -0.4 is 14.8 Å². The molecule has 3 heterocycles. The normalized spacial score (nSPS) is 20.4. The first-order chi connectivity index (χ1) is 12.8. The third-order valence-electron chi connectivity index (χ3n) is 5.38. The first kappa shape index (κ1) is 16.0. The van der Waals surface area contributed by atoms with Crippen LogP contribution in [0.3, 0.4) is 0 Å². The highest BCUT2D eigenvalue weighted by molar-refractivity contribution is 6.35. The molecule has 3 aromatic rings. The van der Waals surface area contributed by atoms with Crippen LogP contribution in [0.2, 0.25) is 5.02 Å². The van der Waals surface area contributed by atoms with Gasteiger partial charge in [0.15, 0.2) is 17.6 Å². The van der Waals surface area contributed by atoms with Crippen molar-refractivity contribution < 1.29 is 13.9 Å². The Morgan fingerprint density at radius 3 is 2.77 bits per heavy atom. The Balaban J connectivity index is 1.48. The van der Waals surface area contributed by atoms with Gasteiger partial charge in [-0.3, -0.25) is 0 Å². The predicted octanol–water partition coefficient (Wildman–Crippen LogP) is 5.07. The van der Waals surface area contributed by atoms with Crippen LogP contribution in [0.5, 0.6) is 11.5 Å². The summed E-state index contributed by atoms with van der Waals surface area (Å²) in [6.07, 6.45) is 3.71. The molecular formula is C21H20ClNO3. The first-order valence-electron chi connectivity index (χ1n) is 9.10. The van der Waals surface area contributed by atoms with Crippen molar-refractivity contribution in [3.63, 3.8) is 0 Å². The number of ether oxygens (including phenoxy) is 2. The second-order valence-corrected chi connectivity index (χ2v) is 7.32. The molecule has 0 unspecified atom stereocenters. The van der Waals surface area contributed by atoms with Gasteiger partial charge in [0.05, 0.1) is 11.3 Å². The van der Waals surface area contributed by atoms with Crippen LogP contribution in [-0.2, 0) is 0 Å². The number of furan rings is 1. The average Bonchev–Trinajstić information content (AvgIpc) is 3.19. The Bertz CT molecular complexity index is 946. The molecule has 1 fully saturated rings. The highest BCUT2D eigenvalue weighted by atomic mass is 35.5. The van der Waals surface area contributed by atoms with E-state index in [4.69, 9.17) is 25.5 Å². The van der Waals surface area contributed by atoms with Gasteiger partial charge in [-0.15, -0.1) is 0 Å². The van der Waals surface area contributed by atoms with Crippen LogP contribution in [0.4, 0.5) is 0 Å². The van der Waals surface area contributed by atoms with Crippen LogP contribution in [0.25, 0.3) is 11.0 Å². The molecule has 1 aromatic heterocycles. The lowest BCUT2D eigenvalue weighted by molar-refractivity contribution is 0.0898. The molecule has 5 rings (SSSR count). The van der Waals surface area contributed by atoms with Gasteiger partial charge >= 0.3 is 0 Å². The fourth-order valence-corrected chi connectivity index (χ4v) is 4.25. The number of benzene rings is 2. The molecule has 0 radical (unpaired) electrons. The summed E-state index contributed by atoms with van der Waals surface area (Å²) in [5, 5.41) is 5.01. The minimum absolute atomic E-state index is 0.211. The van der Waals surface area contributed by atoms with E-state index in [1.807, 2.05) is 24.3 Å². The summed E-state index contributed by atoms with van der Waals surface area (Å²) in [7, 11) is 0. The third-order valence-corrected chi connectivity index (χ3v) is 5.71. The van der Waals surface area contributed by atoms with E-state index >= 15 is 0 Å². The second kappa shape index (κ2) is 6.53. The van der Waals surface area contributed by atoms with Gasteiger partial charge in [0.2, 0.25) is 0 Å². The molecule has 2 aromatic carbocycles. The molecule has 1 saturated heterocycles.